The fourth-order valence-electron chi connectivity index (χ4n) is 1.54. The molecule has 0 spiro atoms. The lowest BCUT2D eigenvalue weighted by Gasteiger charge is -2.16. The minimum Gasteiger partial charge on any atom is -0.494 e. The van der Waals surface area contributed by atoms with Crippen LogP contribution in [0.4, 0.5) is 0 Å². The minimum absolute atomic E-state index is 0.0159. The standard InChI is InChI=1S/C15H21NO4S/c1-4-20-12-5-7-13(8-6-12)21-11-14(17)16(2)10-9-15(18)19-3/h5-8H,4,9-11H2,1-3H3. The van der Waals surface area contributed by atoms with Gasteiger partial charge in [0.1, 0.15) is 5.75 Å². The van der Waals surface area contributed by atoms with Gasteiger partial charge in [0.25, 0.3) is 0 Å². The van der Waals surface area contributed by atoms with Gasteiger partial charge in [0.15, 0.2) is 0 Å². The molecular formula is C15H21NO4S. The molecule has 0 N–H and O–H groups in total. The lowest BCUT2D eigenvalue weighted by molar-refractivity contribution is -0.141. The van der Waals surface area contributed by atoms with Crippen molar-refractivity contribution in [2.24, 2.45) is 0 Å². The molecule has 0 bridgehead atoms. The van der Waals surface area contributed by atoms with Crippen LogP contribution in [0.2, 0.25) is 0 Å². The van der Waals surface area contributed by atoms with Crippen LogP contribution in [0.25, 0.3) is 0 Å². The summed E-state index contributed by atoms with van der Waals surface area (Å²) in [6.45, 7) is 2.94. The van der Waals surface area contributed by atoms with Gasteiger partial charge >= 0.3 is 5.97 Å². The molecule has 0 saturated carbocycles. The van der Waals surface area contributed by atoms with Crippen molar-refractivity contribution in [1.29, 1.82) is 0 Å². The molecule has 0 aliphatic rings. The molecule has 0 saturated heterocycles. The number of hydrogen-bond acceptors (Lipinski definition) is 5. The van der Waals surface area contributed by atoms with E-state index in [2.05, 4.69) is 4.74 Å². The second-order valence-electron chi connectivity index (χ2n) is 4.33. The third-order valence-electron chi connectivity index (χ3n) is 2.80. The summed E-state index contributed by atoms with van der Waals surface area (Å²) in [6.07, 6.45) is 0.215. The first-order chi connectivity index (χ1) is 10.1. The lowest BCUT2D eigenvalue weighted by Crippen LogP contribution is -2.30. The number of ether oxygens (including phenoxy) is 2. The fourth-order valence-corrected chi connectivity index (χ4v) is 2.38. The van der Waals surface area contributed by atoms with Gasteiger partial charge in [-0.2, -0.15) is 0 Å². The van der Waals surface area contributed by atoms with E-state index in [-0.39, 0.29) is 18.3 Å². The van der Waals surface area contributed by atoms with Crippen LogP contribution in [-0.2, 0) is 14.3 Å². The quantitative estimate of drug-likeness (QED) is 0.544. The Balaban J connectivity index is 2.36. The van der Waals surface area contributed by atoms with Crippen molar-refractivity contribution < 1.29 is 19.1 Å². The van der Waals surface area contributed by atoms with E-state index in [4.69, 9.17) is 4.74 Å². The van der Waals surface area contributed by atoms with Gasteiger partial charge in [-0.1, -0.05) is 0 Å². The molecule has 0 aromatic heterocycles. The molecule has 0 aliphatic heterocycles. The van der Waals surface area contributed by atoms with Crippen molar-refractivity contribution >= 4 is 23.6 Å². The van der Waals surface area contributed by atoms with Crippen molar-refractivity contribution in [2.75, 3.05) is 33.1 Å². The first-order valence-electron chi connectivity index (χ1n) is 6.73. The Morgan fingerprint density at radius 3 is 2.48 bits per heavy atom. The van der Waals surface area contributed by atoms with Gasteiger partial charge in [-0.3, -0.25) is 9.59 Å². The monoisotopic (exact) mass is 311 g/mol. The smallest absolute Gasteiger partial charge is 0.307 e. The Bertz CT molecular complexity index is 461. The second-order valence-corrected chi connectivity index (χ2v) is 5.38. The summed E-state index contributed by atoms with van der Waals surface area (Å²) in [5.41, 5.74) is 0. The maximum absolute atomic E-state index is 11.9. The Morgan fingerprint density at radius 1 is 1.24 bits per heavy atom. The zero-order valence-corrected chi connectivity index (χ0v) is 13.4. The molecule has 0 aliphatic carbocycles. The lowest BCUT2D eigenvalue weighted by atomic mass is 10.3. The topological polar surface area (TPSA) is 55.8 Å². The van der Waals surface area contributed by atoms with Gasteiger partial charge in [0.2, 0.25) is 5.91 Å². The highest BCUT2D eigenvalue weighted by molar-refractivity contribution is 8.00. The first-order valence-corrected chi connectivity index (χ1v) is 7.71. The van der Waals surface area contributed by atoms with Crippen molar-refractivity contribution in [3.63, 3.8) is 0 Å². The molecule has 1 aromatic rings. The summed E-state index contributed by atoms with van der Waals surface area (Å²) in [4.78, 5) is 25.5. The van der Waals surface area contributed by atoms with E-state index < -0.39 is 0 Å². The number of rotatable bonds is 8. The largest absolute Gasteiger partial charge is 0.494 e. The van der Waals surface area contributed by atoms with Gasteiger partial charge in [0, 0.05) is 18.5 Å². The predicted molar refractivity (Wildman–Crippen MR) is 82.6 cm³/mol. The molecule has 1 amide bonds. The second kappa shape index (κ2) is 9.28. The zero-order chi connectivity index (χ0) is 15.7. The van der Waals surface area contributed by atoms with Crippen molar-refractivity contribution in [3.05, 3.63) is 24.3 Å². The average Bonchev–Trinajstić information content (AvgIpc) is 2.51. The van der Waals surface area contributed by atoms with E-state index >= 15 is 0 Å². The highest BCUT2D eigenvalue weighted by Crippen LogP contribution is 2.21. The van der Waals surface area contributed by atoms with E-state index in [0.29, 0.717) is 18.9 Å². The van der Waals surface area contributed by atoms with Crippen LogP contribution >= 0.6 is 11.8 Å². The molecule has 0 radical (unpaired) electrons. The van der Waals surface area contributed by atoms with Crippen LogP contribution in [0.15, 0.2) is 29.2 Å². The van der Waals surface area contributed by atoms with E-state index in [1.165, 1.54) is 18.9 Å². The summed E-state index contributed by atoms with van der Waals surface area (Å²) < 4.78 is 9.91. The van der Waals surface area contributed by atoms with Gasteiger partial charge in [-0.15, -0.1) is 11.8 Å². The predicted octanol–water partition coefficient (Wildman–Crippen LogP) is 2.20. The summed E-state index contributed by atoms with van der Waals surface area (Å²) in [7, 11) is 3.02. The Labute approximate surface area is 129 Å². The van der Waals surface area contributed by atoms with Crippen LogP contribution in [0, 0.1) is 0 Å². The van der Waals surface area contributed by atoms with Crippen molar-refractivity contribution in [2.45, 2.75) is 18.2 Å². The summed E-state index contributed by atoms with van der Waals surface area (Å²) in [5.74, 6) is 0.834. The number of esters is 1. The molecule has 0 heterocycles. The normalized spacial score (nSPS) is 10.0. The maximum Gasteiger partial charge on any atom is 0.307 e. The Kier molecular flexibility index (Phi) is 7.68. The van der Waals surface area contributed by atoms with Crippen LogP contribution in [-0.4, -0.2) is 49.8 Å². The number of carbonyl (C=O) groups excluding carboxylic acids is 2. The fraction of sp³-hybridized carbons (Fsp3) is 0.467. The van der Waals surface area contributed by atoms with Crippen LogP contribution in [0.3, 0.4) is 0 Å². The Morgan fingerprint density at radius 2 is 1.90 bits per heavy atom. The van der Waals surface area contributed by atoms with E-state index in [1.807, 2.05) is 31.2 Å². The summed E-state index contributed by atoms with van der Waals surface area (Å²) >= 11 is 1.46. The minimum atomic E-state index is -0.311. The highest BCUT2D eigenvalue weighted by Gasteiger charge is 2.11. The molecule has 6 heteroatoms. The van der Waals surface area contributed by atoms with E-state index in [0.717, 1.165) is 10.6 Å². The molecule has 5 nitrogen and oxygen atoms in total. The number of nitrogens with zero attached hydrogens (tertiary/aromatic N) is 1. The number of methoxy groups -OCH3 is 1. The van der Waals surface area contributed by atoms with Gasteiger partial charge < -0.3 is 14.4 Å². The van der Waals surface area contributed by atoms with Crippen molar-refractivity contribution in [1.82, 2.24) is 4.90 Å². The zero-order valence-electron chi connectivity index (χ0n) is 12.6. The van der Waals surface area contributed by atoms with Crippen LogP contribution in [0.5, 0.6) is 5.75 Å². The molecule has 0 atom stereocenters. The average molecular weight is 311 g/mol. The maximum atomic E-state index is 11.9. The molecule has 0 fully saturated rings. The highest BCUT2D eigenvalue weighted by atomic mass is 32.2. The molecule has 0 unspecified atom stereocenters. The van der Waals surface area contributed by atoms with Crippen LogP contribution < -0.4 is 4.74 Å². The number of hydrogen-bond donors (Lipinski definition) is 0. The number of carbonyl (C=O) groups is 2. The van der Waals surface area contributed by atoms with Crippen molar-refractivity contribution in [3.8, 4) is 5.75 Å². The molecule has 1 rings (SSSR count). The third kappa shape index (κ3) is 6.53. The summed E-state index contributed by atoms with van der Waals surface area (Å²) in [5, 5.41) is 0. The molecule has 1 aromatic carbocycles. The number of thioether (sulfide) groups is 1. The van der Waals surface area contributed by atoms with Gasteiger partial charge in [-0.05, 0) is 31.2 Å². The molecule has 21 heavy (non-hydrogen) atoms. The van der Waals surface area contributed by atoms with Crippen LogP contribution in [0.1, 0.15) is 13.3 Å². The summed E-state index contributed by atoms with van der Waals surface area (Å²) in [6, 6.07) is 7.63. The molecule has 116 valence electrons. The Hall–Kier alpha value is -1.69. The third-order valence-corrected chi connectivity index (χ3v) is 3.80. The number of benzene rings is 1. The SMILES string of the molecule is CCOc1ccc(SCC(=O)N(C)CCC(=O)OC)cc1. The van der Waals surface area contributed by atoms with Gasteiger partial charge in [0.05, 0.1) is 25.9 Å². The molecular weight excluding hydrogens is 290 g/mol. The van der Waals surface area contributed by atoms with E-state index in [9.17, 15) is 9.59 Å². The first kappa shape index (κ1) is 17.4. The van der Waals surface area contributed by atoms with E-state index in [1.54, 1.807) is 11.9 Å². The number of amides is 1. The van der Waals surface area contributed by atoms with Gasteiger partial charge in [-0.25, -0.2) is 0 Å².